The lowest BCUT2D eigenvalue weighted by molar-refractivity contribution is -0.0723. The van der Waals surface area contributed by atoms with E-state index in [9.17, 15) is 0 Å². The van der Waals surface area contributed by atoms with Gasteiger partial charge in [0.1, 0.15) is 0 Å². The van der Waals surface area contributed by atoms with Gasteiger partial charge in [0, 0.05) is 12.6 Å². The maximum Gasteiger partial charge on any atom is 0.0225 e. The lowest BCUT2D eigenvalue weighted by Crippen LogP contribution is -2.58. The molecular weight excluding hydrogens is 244 g/mol. The maximum atomic E-state index is 6.80. The number of piperidine rings is 1. The zero-order chi connectivity index (χ0) is 13.7. The summed E-state index contributed by atoms with van der Waals surface area (Å²) < 4.78 is 0. The average Bonchev–Trinajstić information content (AvgIpc) is 2.40. The van der Waals surface area contributed by atoms with Gasteiger partial charge in [-0.15, -0.1) is 0 Å². The predicted octanol–water partition coefficient (Wildman–Crippen LogP) is 3.26. The lowest BCUT2D eigenvalue weighted by atomic mass is 9.48. The molecule has 1 saturated heterocycles. The van der Waals surface area contributed by atoms with Crippen molar-refractivity contribution in [2.24, 2.45) is 34.8 Å². The van der Waals surface area contributed by atoms with Gasteiger partial charge < -0.3 is 10.6 Å². The summed E-state index contributed by atoms with van der Waals surface area (Å²) in [6.45, 7) is 6.16. The highest BCUT2D eigenvalue weighted by Gasteiger charge is 2.53. The first-order valence-electron chi connectivity index (χ1n) is 9.11. The average molecular weight is 276 g/mol. The molecule has 5 rings (SSSR count). The Balaban J connectivity index is 1.41. The van der Waals surface area contributed by atoms with Crippen LogP contribution in [0, 0.1) is 29.1 Å². The standard InChI is InChI=1S/C18H32N2/c1-13-2-4-20(5-3-13)12-17(19)18-9-14-6-15(10-18)8-16(7-14)11-18/h13-17H,2-12,19H2,1H3. The molecule has 0 aromatic heterocycles. The second-order valence-electron chi connectivity index (χ2n) is 8.87. The number of rotatable bonds is 3. The third-order valence-corrected chi connectivity index (χ3v) is 7.20. The van der Waals surface area contributed by atoms with Gasteiger partial charge in [0.05, 0.1) is 0 Å². The summed E-state index contributed by atoms with van der Waals surface area (Å²) >= 11 is 0. The molecule has 4 aliphatic carbocycles. The Morgan fingerprint density at radius 2 is 1.50 bits per heavy atom. The topological polar surface area (TPSA) is 29.3 Å². The summed E-state index contributed by atoms with van der Waals surface area (Å²) in [4.78, 5) is 2.67. The molecule has 0 aromatic rings. The van der Waals surface area contributed by atoms with Gasteiger partial charge in [-0.1, -0.05) is 6.92 Å². The monoisotopic (exact) mass is 276 g/mol. The van der Waals surface area contributed by atoms with E-state index in [1.165, 1.54) is 71.0 Å². The quantitative estimate of drug-likeness (QED) is 0.857. The first-order chi connectivity index (χ1) is 9.63. The third-order valence-electron chi connectivity index (χ3n) is 7.20. The normalized spacial score (nSPS) is 46.8. The fraction of sp³-hybridized carbons (Fsp3) is 1.00. The fourth-order valence-corrected chi connectivity index (χ4v) is 6.35. The van der Waals surface area contributed by atoms with Crippen LogP contribution in [0.1, 0.15) is 58.3 Å². The molecule has 0 radical (unpaired) electrons. The highest BCUT2D eigenvalue weighted by Crippen LogP contribution is 2.61. The number of nitrogens with two attached hydrogens (primary N) is 1. The molecule has 1 heterocycles. The van der Waals surface area contributed by atoms with E-state index < -0.39 is 0 Å². The van der Waals surface area contributed by atoms with Gasteiger partial charge in [-0.05, 0) is 93.5 Å². The van der Waals surface area contributed by atoms with E-state index in [0.29, 0.717) is 11.5 Å². The summed E-state index contributed by atoms with van der Waals surface area (Å²) in [5.74, 6) is 4.04. The highest BCUT2D eigenvalue weighted by atomic mass is 15.1. The molecule has 4 saturated carbocycles. The van der Waals surface area contributed by atoms with E-state index in [4.69, 9.17) is 5.73 Å². The molecule has 4 bridgehead atoms. The molecule has 1 atom stereocenters. The van der Waals surface area contributed by atoms with Crippen LogP contribution in [0.3, 0.4) is 0 Å². The van der Waals surface area contributed by atoms with Crippen molar-refractivity contribution in [1.29, 1.82) is 0 Å². The van der Waals surface area contributed by atoms with Crippen LogP contribution in [0.25, 0.3) is 0 Å². The van der Waals surface area contributed by atoms with Crippen LogP contribution in [0.4, 0.5) is 0 Å². The van der Waals surface area contributed by atoms with Crippen molar-refractivity contribution >= 4 is 0 Å². The van der Waals surface area contributed by atoms with Gasteiger partial charge in [0.25, 0.3) is 0 Å². The van der Waals surface area contributed by atoms with Gasteiger partial charge in [-0.2, -0.15) is 0 Å². The molecule has 1 unspecified atom stereocenters. The van der Waals surface area contributed by atoms with Gasteiger partial charge >= 0.3 is 0 Å². The van der Waals surface area contributed by atoms with Crippen molar-refractivity contribution in [3.63, 3.8) is 0 Å². The zero-order valence-corrected chi connectivity index (χ0v) is 13.2. The van der Waals surface area contributed by atoms with Gasteiger partial charge in [-0.25, -0.2) is 0 Å². The molecule has 2 N–H and O–H groups in total. The van der Waals surface area contributed by atoms with Crippen LogP contribution in [-0.2, 0) is 0 Å². The molecular formula is C18H32N2. The van der Waals surface area contributed by atoms with Crippen molar-refractivity contribution in [2.45, 2.75) is 64.3 Å². The Kier molecular flexibility index (Phi) is 3.38. The molecule has 0 aromatic carbocycles. The third kappa shape index (κ3) is 2.33. The Labute approximate surface area is 124 Å². The molecule has 2 nitrogen and oxygen atoms in total. The predicted molar refractivity (Wildman–Crippen MR) is 83.4 cm³/mol. The van der Waals surface area contributed by atoms with Crippen molar-refractivity contribution in [2.75, 3.05) is 19.6 Å². The Hall–Kier alpha value is -0.0800. The summed E-state index contributed by atoms with van der Waals surface area (Å²) in [6.07, 6.45) is 11.8. The van der Waals surface area contributed by atoms with Gasteiger partial charge in [0.15, 0.2) is 0 Å². The van der Waals surface area contributed by atoms with Gasteiger partial charge in [0.2, 0.25) is 0 Å². The number of hydrogen-bond donors (Lipinski definition) is 1. The van der Waals surface area contributed by atoms with Crippen LogP contribution >= 0.6 is 0 Å². The largest absolute Gasteiger partial charge is 0.326 e. The minimum absolute atomic E-state index is 0.448. The van der Waals surface area contributed by atoms with Crippen LogP contribution in [0.2, 0.25) is 0 Å². The fourth-order valence-electron chi connectivity index (χ4n) is 6.35. The van der Waals surface area contributed by atoms with Crippen LogP contribution < -0.4 is 5.73 Å². The van der Waals surface area contributed by atoms with Crippen molar-refractivity contribution in [3.8, 4) is 0 Å². The van der Waals surface area contributed by atoms with Crippen LogP contribution in [0.15, 0.2) is 0 Å². The number of nitrogens with zero attached hydrogens (tertiary/aromatic N) is 1. The molecule has 20 heavy (non-hydrogen) atoms. The summed E-state index contributed by atoms with van der Waals surface area (Å²) in [7, 11) is 0. The van der Waals surface area contributed by atoms with E-state index in [1.807, 2.05) is 0 Å². The number of hydrogen-bond acceptors (Lipinski definition) is 2. The molecule has 2 heteroatoms. The molecule has 0 spiro atoms. The Morgan fingerprint density at radius 1 is 1.00 bits per heavy atom. The van der Waals surface area contributed by atoms with E-state index in [0.717, 1.165) is 23.7 Å². The van der Waals surface area contributed by atoms with Gasteiger partial charge in [-0.3, -0.25) is 0 Å². The Bertz CT molecular complexity index is 321. The first-order valence-corrected chi connectivity index (χ1v) is 9.11. The van der Waals surface area contributed by atoms with E-state index in [-0.39, 0.29) is 0 Å². The minimum Gasteiger partial charge on any atom is -0.326 e. The van der Waals surface area contributed by atoms with E-state index in [1.54, 1.807) is 0 Å². The Morgan fingerprint density at radius 3 is 2.00 bits per heavy atom. The highest BCUT2D eigenvalue weighted by molar-refractivity contribution is 5.06. The van der Waals surface area contributed by atoms with E-state index in [2.05, 4.69) is 11.8 Å². The van der Waals surface area contributed by atoms with E-state index >= 15 is 0 Å². The molecule has 1 aliphatic heterocycles. The lowest BCUT2D eigenvalue weighted by Gasteiger charge is -2.59. The summed E-state index contributed by atoms with van der Waals surface area (Å²) in [6, 6.07) is 0.448. The SMILES string of the molecule is CC1CCN(CC(N)C23CC4CC(CC(C4)C2)C3)CC1. The van der Waals surface area contributed by atoms with Crippen molar-refractivity contribution in [3.05, 3.63) is 0 Å². The molecule has 5 fully saturated rings. The molecule has 114 valence electrons. The minimum atomic E-state index is 0.448. The first kappa shape index (κ1) is 13.6. The molecule has 0 amide bonds. The maximum absolute atomic E-state index is 6.80. The molecule has 5 aliphatic rings. The smallest absolute Gasteiger partial charge is 0.0225 e. The van der Waals surface area contributed by atoms with Crippen LogP contribution in [-0.4, -0.2) is 30.6 Å². The second-order valence-corrected chi connectivity index (χ2v) is 8.87. The summed E-state index contributed by atoms with van der Waals surface area (Å²) in [5, 5.41) is 0. The summed E-state index contributed by atoms with van der Waals surface area (Å²) in [5.41, 5.74) is 7.34. The van der Waals surface area contributed by atoms with Crippen molar-refractivity contribution in [1.82, 2.24) is 4.90 Å². The second kappa shape index (κ2) is 4.98. The van der Waals surface area contributed by atoms with Crippen molar-refractivity contribution < 1.29 is 0 Å². The van der Waals surface area contributed by atoms with Crippen LogP contribution in [0.5, 0.6) is 0 Å². The number of likely N-dealkylation sites (tertiary alicyclic amines) is 1. The zero-order valence-electron chi connectivity index (χ0n) is 13.2.